The number of aliphatic imine (C=N–C) groups is 1. The number of nitrogens with zero attached hydrogens (tertiary/aromatic N) is 2. The lowest BCUT2D eigenvalue weighted by atomic mass is 10.2. The number of hydrogen-bond acceptors (Lipinski definition) is 3. The third kappa shape index (κ3) is 3.71. The van der Waals surface area contributed by atoms with E-state index in [1.54, 1.807) is 18.2 Å². The average molecular weight is 296 g/mol. The van der Waals surface area contributed by atoms with E-state index in [9.17, 15) is 8.42 Å². The van der Waals surface area contributed by atoms with E-state index in [2.05, 4.69) is 10.3 Å². The number of benzene rings is 1. The van der Waals surface area contributed by atoms with Gasteiger partial charge in [-0.05, 0) is 30.5 Å². The van der Waals surface area contributed by atoms with E-state index in [1.165, 1.54) is 18.4 Å². The highest BCUT2D eigenvalue weighted by atomic mass is 32.2. The SMILES string of the molecule is CN(C)S(=O)(=O)c1cccc(CN=C(N)NC2CC2)c1. The highest BCUT2D eigenvalue weighted by molar-refractivity contribution is 7.89. The maximum absolute atomic E-state index is 12.0. The molecular formula is C13H20N4O2S. The molecule has 2 rings (SSSR count). The van der Waals surface area contributed by atoms with Gasteiger partial charge in [-0.1, -0.05) is 12.1 Å². The molecule has 0 bridgehead atoms. The molecule has 110 valence electrons. The summed E-state index contributed by atoms with van der Waals surface area (Å²) < 4.78 is 25.3. The normalized spacial score (nSPS) is 16.4. The summed E-state index contributed by atoms with van der Waals surface area (Å²) in [4.78, 5) is 4.48. The van der Waals surface area contributed by atoms with Crippen LogP contribution in [0.5, 0.6) is 0 Å². The summed E-state index contributed by atoms with van der Waals surface area (Å²) in [6.45, 7) is 0.363. The highest BCUT2D eigenvalue weighted by Crippen LogP contribution is 2.18. The molecule has 0 atom stereocenters. The zero-order valence-electron chi connectivity index (χ0n) is 11.7. The molecule has 1 saturated carbocycles. The molecule has 6 nitrogen and oxygen atoms in total. The summed E-state index contributed by atoms with van der Waals surface area (Å²) in [5.41, 5.74) is 6.56. The molecule has 0 unspecified atom stereocenters. The predicted molar refractivity (Wildman–Crippen MR) is 78.8 cm³/mol. The van der Waals surface area contributed by atoms with E-state index in [4.69, 9.17) is 5.73 Å². The first-order valence-corrected chi connectivity index (χ1v) is 7.91. The van der Waals surface area contributed by atoms with Crippen molar-refractivity contribution in [2.75, 3.05) is 14.1 Å². The molecule has 1 aromatic rings. The van der Waals surface area contributed by atoms with Gasteiger partial charge in [0, 0.05) is 20.1 Å². The Labute approximate surface area is 119 Å². The summed E-state index contributed by atoms with van der Waals surface area (Å²) in [7, 11) is -0.386. The first-order valence-electron chi connectivity index (χ1n) is 6.47. The van der Waals surface area contributed by atoms with Crippen molar-refractivity contribution in [1.29, 1.82) is 0 Å². The Hall–Kier alpha value is -1.60. The number of nitrogens with two attached hydrogens (primary N) is 1. The molecule has 3 N–H and O–H groups in total. The third-order valence-electron chi connectivity index (χ3n) is 3.04. The van der Waals surface area contributed by atoms with Crippen LogP contribution in [0.1, 0.15) is 18.4 Å². The zero-order chi connectivity index (χ0) is 14.8. The second-order valence-electron chi connectivity index (χ2n) is 5.05. The Bertz CT molecular complexity index is 607. The lowest BCUT2D eigenvalue weighted by Crippen LogP contribution is -2.33. The molecule has 7 heteroatoms. The van der Waals surface area contributed by atoms with Crippen molar-refractivity contribution in [2.45, 2.75) is 30.3 Å². The minimum atomic E-state index is -3.41. The zero-order valence-corrected chi connectivity index (χ0v) is 12.5. The Kier molecular flexibility index (Phi) is 4.29. The van der Waals surface area contributed by atoms with Crippen LogP contribution in [-0.4, -0.2) is 38.8 Å². The third-order valence-corrected chi connectivity index (χ3v) is 4.85. The lowest BCUT2D eigenvalue weighted by Gasteiger charge is -2.12. The molecule has 1 aromatic carbocycles. The molecule has 1 aliphatic carbocycles. The maximum Gasteiger partial charge on any atom is 0.242 e. The first-order chi connectivity index (χ1) is 9.39. The van der Waals surface area contributed by atoms with E-state index in [0.29, 0.717) is 18.5 Å². The van der Waals surface area contributed by atoms with Crippen LogP contribution in [0.15, 0.2) is 34.2 Å². The van der Waals surface area contributed by atoms with Crippen LogP contribution in [0.3, 0.4) is 0 Å². The molecule has 0 saturated heterocycles. The van der Waals surface area contributed by atoms with Gasteiger partial charge in [-0.25, -0.2) is 17.7 Å². The molecule has 0 amide bonds. The monoisotopic (exact) mass is 296 g/mol. The van der Waals surface area contributed by atoms with Crippen LogP contribution in [0.2, 0.25) is 0 Å². The first kappa shape index (κ1) is 14.8. The number of rotatable bonds is 5. The van der Waals surface area contributed by atoms with Gasteiger partial charge in [-0.2, -0.15) is 0 Å². The van der Waals surface area contributed by atoms with Gasteiger partial charge in [0.05, 0.1) is 11.4 Å². The van der Waals surface area contributed by atoms with Crippen LogP contribution in [-0.2, 0) is 16.6 Å². The molecule has 0 heterocycles. The number of sulfonamides is 1. The Morgan fingerprint density at radius 1 is 1.45 bits per heavy atom. The van der Waals surface area contributed by atoms with Gasteiger partial charge < -0.3 is 11.1 Å². The van der Waals surface area contributed by atoms with Crippen molar-refractivity contribution in [3.63, 3.8) is 0 Å². The molecule has 0 aliphatic heterocycles. The average Bonchev–Trinajstić information content (AvgIpc) is 3.20. The number of hydrogen-bond donors (Lipinski definition) is 2. The van der Waals surface area contributed by atoms with Crippen molar-refractivity contribution >= 4 is 16.0 Å². The van der Waals surface area contributed by atoms with Crippen LogP contribution in [0.25, 0.3) is 0 Å². The maximum atomic E-state index is 12.0. The van der Waals surface area contributed by atoms with E-state index < -0.39 is 10.0 Å². The molecular weight excluding hydrogens is 276 g/mol. The molecule has 20 heavy (non-hydrogen) atoms. The Morgan fingerprint density at radius 3 is 2.75 bits per heavy atom. The van der Waals surface area contributed by atoms with Gasteiger partial charge in [-0.3, -0.25) is 0 Å². The summed E-state index contributed by atoms with van der Waals surface area (Å²) in [5.74, 6) is 0.411. The van der Waals surface area contributed by atoms with Gasteiger partial charge in [0.1, 0.15) is 0 Å². The lowest BCUT2D eigenvalue weighted by molar-refractivity contribution is 0.520. The van der Waals surface area contributed by atoms with E-state index >= 15 is 0 Å². The summed E-state index contributed by atoms with van der Waals surface area (Å²) in [6, 6.07) is 7.21. The van der Waals surface area contributed by atoms with Crippen LogP contribution in [0, 0.1) is 0 Å². The molecule has 0 spiro atoms. The van der Waals surface area contributed by atoms with Gasteiger partial charge in [0.25, 0.3) is 0 Å². The fourth-order valence-electron chi connectivity index (χ4n) is 1.67. The van der Waals surface area contributed by atoms with Gasteiger partial charge in [-0.15, -0.1) is 0 Å². The van der Waals surface area contributed by atoms with Crippen molar-refractivity contribution in [3.05, 3.63) is 29.8 Å². The van der Waals surface area contributed by atoms with E-state index in [1.807, 2.05) is 6.07 Å². The quantitative estimate of drug-likeness (QED) is 0.612. The Morgan fingerprint density at radius 2 is 2.15 bits per heavy atom. The second kappa shape index (κ2) is 5.80. The predicted octanol–water partition coefficient (Wildman–Crippen LogP) is 0.504. The molecule has 0 aromatic heterocycles. The Balaban J connectivity index is 2.09. The number of nitrogens with one attached hydrogen (secondary N) is 1. The molecule has 0 radical (unpaired) electrons. The highest BCUT2D eigenvalue weighted by Gasteiger charge is 2.21. The summed E-state index contributed by atoms with van der Waals surface area (Å²) >= 11 is 0. The summed E-state index contributed by atoms with van der Waals surface area (Å²) in [5, 5.41) is 3.09. The van der Waals surface area contributed by atoms with Gasteiger partial charge in [0.2, 0.25) is 10.0 Å². The van der Waals surface area contributed by atoms with Gasteiger partial charge in [0.15, 0.2) is 5.96 Å². The van der Waals surface area contributed by atoms with Crippen molar-refractivity contribution < 1.29 is 8.42 Å². The fraction of sp³-hybridized carbons (Fsp3) is 0.462. The van der Waals surface area contributed by atoms with Crippen LogP contribution >= 0.6 is 0 Å². The van der Waals surface area contributed by atoms with E-state index in [-0.39, 0.29) is 4.90 Å². The fourth-order valence-corrected chi connectivity index (χ4v) is 2.65. The van der Waals surface area contributed by atoms with E-state index in [0.717, 1.165) is 18.4 Å². The smallest absolute Gasteiger partial charge is 0.242 e. The standard InChI is InChI=1S/C13H20N4O2S/c1-17(2)20(18,19)12-5-3-4-10(8-12)9-15-13(14)16-11-6-7-11/h3-5,8,11H,6-7,9H2,1-2H3,(H3,14,15,16). The molecule has 1 fully saturated rings. The largest absolute Gasteiger partial charge is 0.370 e. The minimum absolute atomic E-state index is 0.268. The second-order valence-corrected chi connectivity index (χ2v) is 7.21. The van der Waals surface area contributed by atoms with Crippen molar-refractivity contribution in [3.8, 4) is 0 Å². The summed E-state index contributed by atoms with van der Waals surface area (Å²) in [6.07, 6.45) is 2.26. The van der Waals surface area contributed by atoms with Crippen molar-refractivity contribution in [2.24, 2.45) is 10.7 Å². The van der Waals surface area contributed by atoms with Crippen LogP contribution in [0.4, 0.5) is 0 Å². The van der Waals surface area contributed by atoms with Crippen LogP contribution < -0.4 is 11.1 Å². The number of guanidine groups is 1. The topological polar surface area (TPSA) is 87.8 Å². The van der Waals surface area contributed by atoms with Gasteiger partial charge >= 0.3 is 0 Å². The molecule has 1 aliphatic rings. The minimum Gasteiger partial charge on any atom is -0.370 e. The van der Waals surface area contributed by atoms with Crippen molar-refractivity contribution in [1.82, 2.24) is 9.62 Å².